The molecule has 0 saturated heterocycles. The smallest absolute Gasteiger partial charge is 0.545 e. The Balaban J connectivity index is 0.00000300. The van der Waals surface area contributed by atoms with Gasteiger partial charge in [-0.1, -0.05) is 31.5 Å². The van der Waals surface area contributed by atoms with Gasteiger partial charge in [0.2, 0.25) is 0 Å². The average molecular weight is 420 g/mol. The molecule has 0 N–H and O–H groups in total. The van der Waals surface area contributed by atoms with Crippen molar-refractivity contribution < 1.29 is 44.2 Å². The number of benzene rings is 2. The van der Waals surface area contributed by atoms with E-state index in [0.717, 1.165) is 28.4 Å². The molecule has 0 spiro atoms. The van der Waals surface area contributed by atoms with Crippen LogP contribution in [-0.2, 0) is 0 Å². The molecule has 0 saturated carbocycles. The zero-order chi connectivity index (χ0) is 20.4. The molecule has 0 amide bonds. The number of aromatic carboxylic acids is 1. The number of carbonyl (C=O) groups is 1. The summed E-state index contributed by atoms with van der Waals surface area (Å²) < 4.78 is 8.01. The zero-order valence-corrected chi connectivity index (χ0v) is 20.2. The van der Waals surface area contributed by atoms with Gasteiger partial charge in [-0.15, -0.1) is 0 Å². The predicted molar refractivity (Wildman–Crippen MR) is 110 cm³/mol. The molecule has 29 heavy (non-hydrogen) atoms. The molecule has 0 aliphatic carbocycles. The van der Waals surface area contributed by atoms with Crippen molar-refractivity contribution in [2.45, 2.75) is 27.7 Å². The van der Waals surface area contributed by atoms with Gasteiger partial charge in [0.15, 0.2) is 0 Å². The molecule has 0 bridgehead atoms. The second-order valence-electron chi connectivity index (χ2n) is 7.33. The number of hydrogen-bond donors (Lipinski definition) is 0. The maximum atomic E-state index is 11.5. The van der Waals surface area contributed by atoms with Crippen LogP contribution in [0.4, 0.5) is 0 Å². The first kappa shape index (κ1) is 23.6. The summed E-state index contributed by atoms with van der Waals surface area (Å²) in [7, 11) is 0. The molecule has 1 heterocycles. The first-order valence-electron chi connectivity index (χ1n) is 9.21. The van der Waals surface area contributed by atoms with Crippen LogP contribution in [0.5, 0.6) is 5.75 Å². The number of ether oxygens (including phenoxy) is 1. The molecular weight excluding hydrogens is 397 g/mol. The fourth-order valence-electron chi connectivity index (χ4n) is 3.15. The van der Waals surface area contributed by atoms with Crippen molar-refractivity contribution >= 4 is 17.6 Å². The Hall–Kier alpha value is -1.72. The van der Waals surface area contributed by atoms with Crippen LogP contribution in [0.25, 0.3) is 16.9 Å². The monoisotopic (exact) mass is 419 g/mol. The normalized spacial score (nSPS) is 10.7. The molecular formula is C23H23ClNNaO3. The summed E-state index contributed by atoms with van der Waals surface area (Å²) in [6.45, 7) is 8.51. The van der Waals surface area contributed by atoms with Gasteiger partial charge >= 0.3 is 29.6 Å². The number of aromatic nitrogens is 1. The van der Waals surface area contributed by atoms with Gasteiger partial charge in [-0.05, 0) is 67.8 Å². The van der Waals surface area contributed by atoms with E-state index < -0.39 is 5.97 Å². The molecule has 0 fully saturated rings. The van der Waals surface area contributed by atoms with Crippen molar-refractivity contribution in [3.05, 3.63) is 70.4 Å². The van der Waals surface area contributed by atoms with E-state index in [9.17, 15) is 9.90 Å². The van der Waals surface area contributed by atoms with E-state index in [1.54, 1.807) is 25.1 Å². The van der Waals surface area contributed by atoms with E-state index in [4.69, 9.17) is 16.3 Å². The number of nitrogens with zero attached hydrogens (tertiary/aromatic N) is 1. The van der Waals surface area contributed by atoms with Crippen molar-refractivity contribution in [3.8, 4) is 22.7 Å². The Morgan fingerprint density at radius 1 is 1.10 bits per heavy atom. The van der Waals surface area contributed by atoms with Gasteiger partial charge in [-0.25, -0.2) is 0 Å². The second kappa shape index (κ2) is 9.86. The molecule has 2 aromatic carbocycles. The van der Waals surface area contributed by atoms with E-state index in [1.807, 2.05) is 41.8 Å². The number of carboxylic acids is 1. The molecule has 1 aromatic heterocycles. The van der Waals surface area contributed by atoms with Crippen molar-refractivity contribution in [3.63, 3.8) is 0 Å². The Labute approximate surface area is 198 Å². The quantitative estimate of drug-likeness (QED) is 0.573. The minimum atomic E-state index is -1.19. The molecule has 0 aliphatic rings. The van der Waals surface area contributed by atoms with Crippen LogP contribution >= 0.6 is 11.6 Å². The summed E-state index contributed by atoms with van der Waals surface area (Å²) in [5.41, 5.74) is 4.30. The number of halogens is 1. The molecule has 146 valence electrons. The SMILES string of the molecule is Cc1ccc(-n2c(C)ccc2-c2cc(Cl)ccc2OCC(C)C)cc1C(=O)[O-].[Na+]. The molecule has 3 aromatic rings. The number of hydrogen-bond acceptors (Lipinski definition) is 3. The third-order valence-corrected chi connectivity index (χ3v) is 4.80. The summed E-state index contributed by atoms with van der Waals surface area (Å²) in [5, 5.41) is 12.1. The van der Waals surface area contributed by atoms with Crippen LogP contribution in [0.15, 0.2) is 48.5 Å². The van der Waals surface area contributed by atoms with Crippen LogP contribution in [0.2, 0.25) is 5.02 Å². The topological polar surface area (TPSA) is 54.3 Å². The molecule has 6 heteroatoms. The molecule has 0 atom stereocenters. The van der Waals surface area contributed by atoms with Crippen LogP contribution in [0.1, 0.15) is 35.5 Å². The third-order valence-electron chi connectivity index (χ3n) is 4.57. The fraction of sp³-hybridized carbons (Fsp3) is 0.261. The summed E-state index contributed by atoms with van der Waals surface area (Å²) >= 11 is 6.27. The van der Waals surface area contributed by atoms with Gasteiger partial charge in [0.25, 0.3) is 0 Å². The van der Waals surface area contributed by atoms with Crippen molar-refractivity contribution in [1.82, 2.24) is 4.57 Å². The first-order chi connectivity index (χ1) is 13.3. The number of carbonyl (C=O) groups excluding carboxylic acids is 1. The van der Waals surface area contributed by atoms with E-state index in [2.05, 4.69) is 13.8 Å². The Kier molecular flexibility index (Phi) is 8.01. The van der Waals surface area contributed by atoms with E-state index in [1.165, 1.54) is 0 Å². The maximum Gasteiger partial charge on any atom is 1.00 e. The number of aryl methyl sites for hydroxylation is 2. The Bertz CT molecular complexity index is 1030. The largest absolute Gasteiger partial charge is 1.00 e. The van der Waals surface area contributed by atoms with Crippen LogP contribution in [-0.4, -0.2) is 17.1 Å². The number of rotatable bonds is 6. The number of carboxylic acid groups (broad SMARTS) is 1. The van der Waals surface area contributed by atoms with Gasteiger partial charge in [-0.3, -0.25) is 0 Å². The first-order valence-corrected chi connectivity index (χ1v) is 9.59. The van der Waals surface area contributed by atoms with Gasteiger partial charge in [0.05, 0.1) is 18.3 Å². The van der Waals surface area contributed by atoms with Crippen LogP contribution in [0.3, 0.4) is 0 Å². The second-order valence-corrected chi connectivity index (χ2v) is 7.76. The van der Waals surface area contributed by atoms with Crippen LogP contribution < -0.4 is 39.4 Å². The summed E-state index contributed by atoms with van der Waals surface area (Å²) in [6, 6.07) is 14.9. The molecule has 0 aliphatic heterocycles. The summed E-state index contributed by atoms with van der Waals surface area (Å²) in [6.07, 6.45) is 0. The Morgan fingerprint density at radius 3 is 2.48 bits per heavy atom. The van der Waals surface area contributed by atoms with E-state index >= 15 is 0 Å². The zero-order valence-electron chi connectivity index (χ0n) is 17.5. The van der Waals surface area contributed by atoms with Crippen molar-refractivity contribution in [1.29, 1.82) is 0 Å². The maximum absolute atomic E-state index is 11.5. The molecule has 0 unspecified atom stereocenters. The van der Waals surface area contributed by atoms with Gasteiger partial charge in [-0.2, -0.15) is 0 Å². The Morgan fingerprint density at radius 2 is 1.83 bits per heavy atom. The fourth-order valence-corrected chi connectivity index (χ4v) is 3.32. The summed E-state index contributed by atoms with van der Waals surface area (Å²) in [4.78, 5) is 11.5. The molecule has 4 nitrogen and oxygen atoms in total. The van der Waals surface area contributed by atoms with Crippen molar-refractivity contribution in [2.24, 2.45) is 5.92 Å². The van der Waals surface area contributed by atoms with Crippen molar-refractivity contribution in [2.75, 3.05) is 6.61 Å². The van der Waals surface area contributed by atoms with Gasteiger partial charge in [0.1, 0.15) is 5.75 Å². The minimum absolute atomic E-state index is 0. The average Bonchev–Trinajstić information content (AvgIpc) is 3.02. The molecule has 0 radical (unpaired) electrons. The third kappa shape index (κ3) is 5.26. The van der Waals surface area contributed by atoms with Gasteiger partial charge < -0.3 is 19.2 Å². The van der Waals surface area contributed by atoms with Crippen LogP contribution in [0, 0.1) is 19.8 Å². The summed E-state index contributed by atoms with van der Waals surface area (Å²) in [5.74, 6) is -0.0566. The van der Waals surface area contributed by atoms with E-state index in [-0.39, 0.29) is 35.1 Å². The standard InChI is InChI=1S/C23H24ClNO3.Na/c1-14(2)13-28-22-10-7-17(24)11-20(22)21-9-6-16(4)25(21)18-8-5-15(3)19(12-18)23(26)27;/h5-12,14H,13H2,1-4H3,(H,26,27);/q;+1/p-1. The predicted octanol–water partition coefficient (Wildman–Crippen LogP) is 1.82. The minimum Gasteiger partial charge on any atom is -0.545 e. The van der Waals surface area contributed by atoms with E-state index in [0.29, 0.717) is 23.1 Å². The van der Waals surface area contributed by atoms with Gasteiger partial charge in [0, 0.05) is 27.5 Å². The molecule has 3 rings (SSSR count).